The molecule has 1 unspecified atom stereocenters. The average Bonchev–Trinajstić information content (AvgIpc) is 3.28. The molecule has 1 N–H and O–H groups in total. The highest BCUT2D eigenvalue weighted by molar-refractivity contribution is 7.90. The summed E-state index contributed by atoms with van der Waals surface area (Å²) in [6.45, 7) is 5.24. The van der Waals surface area contributed by atoms with Gasteiger partial charge in [0.15, 0.2) is 0 Å². The number of imidazole rings is 1. The molecule has 10 nitrogen and oxygen atoms in total. The fraction of sp³-hybridized carbons (Fsp3) is 0.333. The SMILES string of the molecule is COc1ccc(S(=O)(=O)n2c(=O)n(C(C(=O)NCCCN3CCN(C)CC3)c3ccccc3)c3cc(Cl)ccc32)cc1. The maximum absolute atomic E-state index is 14.1. The molecular formula is C30H34ClN5O5S. The second-order valence-electron chi connectivity index (χ2n) is 10.3. The Morgan fingerprint density at radius 1 is 0.976 bits per heavy atom. The topological polar surface area (TPSA) is 106 Å². The van der Waals surface area contributed by atoms with Crippen LogP contribution in [0.1, 0.15) is 18.0 Å². The summed E-state index contributed by atoms with van der Waals surface area (Å²) in [5, 5.41) is 3.29. The number of aromatic nitrogens is 2. The van der Waals surface area contributed by atoms with Crippen LogP contribution < -0.4 is 15.7 Å². The van der Waals surface area contributed by atoms with Crippen LogP contribution in [0.15, 0.2) is 82.5 Å². The smallest absolute Gasteiger partial charge is 0.344 e. The van der Waals surface area contributed by atoms with Gasteiger partial charge in [0, 0.05) is 37.7 Å². The minimum atomic E-state index is -4.35. The number of carbonyl (C=O) groups excluding carboxylic acids is 1. The molecule has 1 atom stereocenters. The van der Waals surface area contributed by atoms with E-state index in [0.29, 0.717) is 22.9 Å². The first kappa shape index (κ1) is 29.8. The number of halogens is 1. The molecule has 0 spiro atoms. The van der Waals surface area contributed by atoms with Crippen molar-refractivity contribution in [3.05, 3.63) is 93.9 Å². The molecule has 3 aromatic carbocycles. The summed E-state index contributed by atoms with van der Waals surface area (Å²) >= 11 is 6.34. The van der Waals surface area contributed by atoms with Crippen molar-refractivity contribution in [2.75, 3.05) is 53.4 Å². The van der Waals surface area contributed by atoms with Crippen LogP contribution in [0.4, 0.5) is 0 Å². The Morgan fingerprint density at radius 2 is 1.67 bits per heavy atom. The highest BCUT2D eigenvalue weighted by Gasteiger charge is 2.32. The third kappa shape index (κ3) is 6.10. The van der Waals surface area contributed by atoms with Crippen LogP contribution in [-0.4, -0.2) is 86.1 Å². The van der Waals surface area contributed by atoms with Crippen molar-refractivity contribution in [3.8, 4) is 5.75 Å². The van der Waals surface area contributed by atoms with Crippen molar-refractivity contribution < 1.29 is 17.9 Å². The van der Waals surface area contributed by atoms with Crippen LogP contribution in [0.5, 0.6) is 5.75 Å². The van der Waals surface area contributed by atoms with Crippen LogP contribution in [0.2, 0.25) is 5.02 Å². The summed E-state index contributed by atoms with van der Waals surface area (Å²) in [7, 11) is -0.762. The molecule has 2 heterocycles. The number of nitrogens with one attached hydrogen (secondary N) is 1. The standard InChI is InChI=1S/C30H34ClN5O5S/c1-33-17-19-34(20-18-33)16-6-15-32-29(37)28(22-7-4-3-5-8-22)35-27-21-23(31)9-14-26(27)36(30(35)38)42(39,40)25-12-10-24(41-2)11-13-25/h3-5,7-14,21,28H,6,15-20H2,1-2H3,(H,32,37). The summed E-state index contributed by atoms with van der Waals surface area (Å²) in [6, 6.07) is 18.0. The normalized spacial score (nSPS) is 15.5. The molecule has 0 aliphatic carbocycles. The van der Waals surface area contributed by atoms with Gasteiger partial charge in [-0.2, -0.15) is 3.97 Å². The number of benzene rings is 3. The van der Waals surface area contributed by atoms with Crippen molar-refractivity contribution in [2.45, 2.75) is 17.4 Å². The highest BCUT2D eigenvalue weighted by Crippen LogP contribution is 2.28. The van der Waals surface area contributed by atoms with Crippen molar-refractivity contribution in [1.29, 1.82) is 0 Å². The molecule has 5 rings (SSSR count). The lowest BCUT2D eigenvalue weighted by atomic mass is 10.1. The van der Waals surface area contributed by atoms with Crippen molar-refractivity contribution in [1.82, 2.24) is 23.7 Å². The van der Waals surface area contributed by atoms with Gasteiger partial charge in [-0.25, -0.2) is 13.2 Å². The Labute approximate surface area is 250 Å². The summed E-state index contributed by atoms with van der Waals surface area (Å²) in [5.74, 6) is 0.0616. The number of amides is 1. The molecular weight excluding hydrogens is 578 g/mol. The lowest BCUT2D eigenvalue weighted by Gasteiger charge is -2.32. The molecule has 1 aromatic heterocycles. The van der Waals surface area contributed by atoms with E-state index in [4.69, 9.17) is 16.3 Å². The van der Waals surface area contributed by atoms with Crippen molar-refractivity contribution in [2.24, 2.45) is 0 Å². The van der Waals surface area contributed by atoms with Gasteiger partial charge in [0.1, 0.15) is 11.8 Å². The number of nitrogens with zero attached hydrogens (tertiary/aromatic N) is 4. The Kier molecular flexibility index (Phi) is 9.02. The van der Waals surface area contributed by atoms with Crippen LogP contribution in [0, 0.1) is 0 Å². The predicted molar refractivity (Wildman–Crippen MR) is 163 cm³/mol. The zero-order valence-corrected chi connectivity index (χ0v) is 25.1. The summed E-state index contributed by atoms with van der Waals surface area (Å²) in [5.41, 5.74) is 0.0107. The van der Waals surface area contributed by atoms with Crippen LogP contribution in [-0.2, 0) is 14.8 Å². The minimum Gasteiger partial charge on any atom is -0.497 e. The molecule has 1 fully saturated rings. The second kappa shape index (κ2) is 12.7. The summed E-state index contributed by atoms with van der Waals surface area (Å²) < 4.78 is 34.8. The van der Waals surface area contributed by atoms with E-state index in [0.717, 1.165) is 43.1 Å². The quantitative estimate of drug-likeness (QED) is 0.275. The van der Waals surface area contributed by atoms with Crippen LogP contribution in [0.25, 0.3) is 11.0 Å². The number of rotatable bonds is 10. The molecule has 1 aliphatic rings. The van der Waals surface area contributed by atoms with Gasteiger partial charge in [-0.1, -0.05) is 41.9 Å². The van der Waals surface area contributed by atoms with Gasteiger partial charge in [0.05, 0.1) is 23.0 Å². The molecule has 0 radical (unpaired) electrons. The zero-order chi connectivity index (χ0) is 29.9. The van der Waals surface area contributed by atoms with Gasteiger partial charge >= 0.3 is 5.69 Å². The van der Waals surface area contributed by atoms with E-state index in [9.17, 15) is 18.0 Å². The molecule has 0 bridgehead atoms. The number of carbonyl (C=O) groups is 1. The van der Waals surface area contributed by atoms with E-state index in [2.05, 4.69) is 22.2 Å². The molecule has 42 heavy (non-hydrogen) atoms. The second-order valence-corrected chi connectivity index (χ2v) is 12.6. The van der Waals surface area contributed by atoms with E-state index in [1.165, 1.54) is 54.1 Å². The maximum Gasteiger partial charge on any atom is 0.344 e. The van der Waals surface area contributed by atoms with E-state index in [1.54, 1.807) is 24.3 Å². The van der Waals surface area contributed by atoms with Crippen LogP contribution in [0.3, 0.4) is 0 Å². The first-order chi connectivity index (χ1) is 20.2. The Balaban J connectivity index is 1.53. The largest absolute Gasteiger partial charge is 0.497 e. The third-order valence-electron chi connectivity index (χ3n) is 7.56. The molecule has 1 aliphatic heterocycles. The van der Waals surface area contributed by atoms with E-state index >= 15 is 0 Å². The van der Waals surface area contributed by atoms with E-state index in [1.807, 2.05) is 6.07 Å². The number of hydrogen-bond donors (Lipinski definition) is 1. The van der Waals surface area contributed by atoms with Gasteiger partial charge in [-0.15, -0.1) is 0 Å². The average molecular weight is 612 g/mol. The number of ether oxygens (including phenoxy) is 1. The first-order valence-electron chi connectivity index (χ1n) is 13.8. The van der Waals surface area contributed by atoms with Gasteiger partial charge in [-0.3, -0.25) is 9.36 Å². The number of likely N-dealkylation sites (N-methyl/N-ethyl adjacent to an activating group) is 1. The van der Waals surface area contributed by atoms with Crippen molar-refractivity contribution >= 4 is 38.6 Å². The highest BCUT2D eigenvalue weighted by atomic mass is 35.5. The summed E-state index contributed by atoms with van der Waals surface area (Å²) in [4.78, 5) is 32.5. The molecule has 0 saturated carbocycles. The number of fused-ring (bicyclic) bond motifs is 1. The Bertz CT molecular complexity index is 1710. The maximum atomic E-state index is 14.1. The molecule has 12 heteroatoms. The predicted octanol–water partition coefficient (Wildman–Crippen LogP) is 3.05. The Hall–Kier alpha value is -3.64. The van der Waals surface area contributed by atoms with Crippen LogP contribution >= 0.6 is 11.6 Å². The van der Waals surface area contributed by atoms with E-state index in [-0.39, 0.29) is 15.9 Å². The van der Waals surface area contributed by atoms with Gasteiger partial charge < -0.3 is 19.9 Å². The number of hydrogen-bond acceptors (Lipinski definition) is 7. The van der Waals surface area contributed by atoms with Gasteiger partial charge in [0.25, 0.3) is 10.0 Å². The monoisotopic (exact) mass is 611 g/mol. The third-order valence-corrected chi connectivity index (χ3v) is 9.50. The molecule has 4 aromatic rings. The van der Waals surface area contributed by atoms with Gasteiger partial charge in [0.2, 0.25) is 5.91 Å². The first-order valence-corrected chi connectivity index (χ1v) is 15.6. The fourth-order valence-corrected chi connectivity index (χ4v) is 6.80. The Morgan fingerprint density at radius 3 is 2.33 bits per heavy atom. The lowest BCUT2D eigenvalue weighted by Crippen LogP contribution is -2.45. The fourth-order valence-electron chi connectivity index (χ4n) is 5.24. The molecule has 222 valence electrons. The zero-order valence-electron chi connectivity index (χ0n) is 23.6. The minimum absolute atomic E-state index is 0.0935. The molecule has 1 amide bonds. The van der Waals surface area contributed by atoms with E-state index < -0.39 is 27.7 Å². The number of methoxy groups -OCH3 is 1. The summed E-state index contributed by atoms with van der Waals surface area (Å²) in [6.07, 6.45) is 0.741. The van der Waals surface area contributed by atoms with Gasteiger partial charge in [-0.05, 0) is 68.0 Å². The molecule has 1 saturated heterocycles. The van der Waals surface area contributed by atoms with Crippen molar-refractivity contribution in [3.63, 3.8) is 0 Å². The number of piperazine rings is 1. The lowest BCUT2D eigenvalue weighted by molar-refractivity contribution is -0.123.